The van der Waals surface area contributed by atoms with Crippen LogP contribution in [0.15, 0.2) is 46.3 Å². The molecule has 0 saturated carbocycles. The van der Waals surface area contributed by atoms with Gasteiger partial charge in [0.15, 0.2) is 0 Å². The lowest BCUT2D eigenvalue weighted by Gasteiger charge is -2.11. The molecule has 0 N–H and O–H groups in total. The van der Waals surface area contributed by atoms with Crippen LogP contribution in [0.5, 0.6) is 0 Å². The fourth-order valence-corrected chi connectivity index (χ4v) is 4.85. The number of aryl methyl sites for hydroxylation is 1. The molecule has 5 rings (SSSR count). The van der Waals surface area contributed by atoms with Crippen LogP contribution in [0.2, 0.25) is 0 Å². The third kappa shape index (κ3) is 3.04. The Bertz CT molecular complexity index is 1530. The molecule has 0 fully saturated rings. The number of furan rings is 1. The standard InChI is InChI=1S/C22H10F7NOS/c1-9-2-3-15-16(17(9)23)12-6-10(7-13(19(12)31-15)21(24,25)26)18-20-11(4-5-30-18)14(8-32-20)22(27,28)29/h2-8H,1H3. The molecular formula is C22H10F7NOS. The number of benzene rings is 2. The minimum atomic E-state index is -4.85. The zero-order chi connectivity index (χ0) is 23.0. The highest BCUT2D eigenvalue weighted by Crippen LogP contribution is 2.45. The first-order chi connectivity index (χ1) is 15.0. The van der Waals surface area contributed by atoms with Crippen molar-refractivity contribution in [3.8, 4) is 11.3 Å². The van der Waals surface area contributed by atoms with Crippen molar-refractivity contribution >= 4 is 43.4 Å². The van der Waals surface area contributed by atoms with E-state index in [-0.39, 0.29) is 43.3 Å². The molecule has 2 aromatic carbocycles. The molecule has 3 heterocycles. The molecule has 0 unspecified atom stereocenters. The van der Waals surface area contributed by atoms with Crippen molar-refractivity contribution < 1.29 is 35.2 Å². The van der Waals surface area contributed by atoms with Crippen molar-refractivity contribution in [2.75, 3.05) is 0 Å². The van der Waals surface area contributed by atoms with E-state index in [1.165, 1.54) is 25.1 Å². The van der Waals surface area contributed by atoms with Gasteiger partial charge in [0.05, 0.1) is 26.9 Å². The van der Waals surface area contributed by atoms with Crippen LogP contribution in [0, 0.1) is 12.7 Å². The molecule has 0 bridgehead atoms. The van der Waals surface area contributed by atoms with Crippen LogP contribution >= 0.6 is 11.3 Å². The van der Waals surface area contributed by atoms with Gasteiger partial charge in [-0.3, -0.25) is 4.98 Å². The maximum atomic E-state index is 14.8. The molecular weight excluding hydrogens is 459 g/mol. The van der Waals surface area contributed by atoms with Crippen LogP contribution in [0.3, 0.4) is 0 Å². The predicted molar refractivity (Wildman–Crippen MR) is 107 cm³/mol. The number of fused-ring (bicyclic) bond motifs is 4. The Morgan fingerprint density at radius 3 is 2.31 bits per heavy atom. The summed E-state index contributed by atoms with van der Waals surface area (Å²) in [4.78, 5) is 4.06. The molecule has 0 atom stereocenters. The van der Waals surface area contributed by atoms with Crippen molar-refractivity contribution in [2.24, 2.45) is 0 Å². The van der Waals surface area contributed by atoms with Gasteiger partial charge in [-0.05, 0) is 36.8 Å². The van der Waals surface area contributed by atoms with Crippen molar-refractivity contribution in [1.82, 2.24) is 4.98 Å². The lowest BCUT2D eigenvalue weighted by Crippen LogP contribution is -2.06. The van der Waals surface area contributed by atoms with E-state index in [0.29, 0.717) is 0 Å². The summed E-state index contributed by atoms with van der Waals surface area (Å²) in [6, 6.07) is 5.97. The van der Waals surface area contributed by atoms with Crippen molar-refractivity contribution in [2.45, 2.75) is 19.3 Å². The molecule has 2 nitrogen and oxygen atoms in total. The highest BCUT2D eigenvalue weighted by atomic mass is 32.1. The second-order valence-electron chi connectivity index (χ2n) is 7.25. The normalized spacial score (nSPS) is 13.0. The van der Waals surface area contributed by atoms with Gasteiger partial charge in [0, 0.05) is 27.9 Å². The predicted octanol–water partition coefficient (Wildman–Crippen LogP) is 8.35. The molecule has 164 valence electrons. The fourth-order valence-electron chi connectivity index (χ4n) is 3.77. The second kappa shape index (κ2) is 6.68. The summed E-state index contributed by atoms with van der Waals surface area (Å²) in [5, 5.41) is 0.481. The molecule has 3 aromatic heterocycles. The number of pyridine rings is 1. The Kier molecular flexibility index (Phi) is 4.33. The van der Waals surface area contributed by atoms with Gasteiger partial charge >= 0.3 is 12.4 Å². The number of alkyl halides is 6. The quantitative estimate of drug-likeness (QED) is 0.231. The second-order valence-corrected chi connectivity index (χ2v) is 8.13. The molecule has 0 radical (unpaired) electrons. The largest absolute Gasteiger partial charge is 0.455 e. The van der Waals surface area contributed by atoms with Gasteiger partial charge in [-0.1, -0.05) is 6.07 Å². The zero-order valence-electron chi connectivity index (χ0n) is 16.0. The topological polar surface area (TPSA) is 26.0 Å². The SMILES string of the molecule is Cc1ccc2oc3c(C(F)(F)F)cc(-c4nccc5c(C(F)(F)F)csc45)cc3c2c1F. The number of thiophene rings is 1. The Hall–Kier alpha value is -3.14. The van der Waals surface area contributed by atoms with Crippen LogP contribution in [-0.4, -0.2) is 4.98 Å². The number of hydrogen-bond acceptors (Lipinski definition) is 3. The average Bonchev–Trinajstić information content (AvgIpc) is 3.30. The summed E-state index contributed by atoms with van der Waals surface area (Å²) in [6.45, 7) is 1.47. The first kappa shape index (κ1) is 20.7. The summed E-state index contributed by atoms with van der Waals surface area (Å²) in [5.74, 6) is -0.729. The van der Waals surface area contributed by atoms with Gasteiger partial charge in [0.1, 0.15) is 17.0 Å². The number of halogens is 7. The van der Waals surface area contributed by atoms with E-state index in [1.54, 1.807) is 0 Å². The molecule has 0 saturated heterocycles. The Morgan fingerprint density at radius 2 is 1.62 bits per heavy atom. The molecule has 0 aliphatic rings. The molecule has 10 heteroatoms. The molecule has 32 heavy (non-hydrogen) atoms. The Labute approximate surface area is 178 Å². The minimum absolute atomic E-state index is 0.0576. The third-order valence-corrected chi connectivity index (χ3v) is 6.24. The average molecular weight is 469 g/mol. The van der Waals surface area contributed by atoms with E-state index >= 15 is 0 Å². The lowest BCUT2D eigenvalue weighted by molar-refractivity contribution is -0.137. The summed E-state index contributed by atoms with van der Waals surface area (Å²) < 4.78 is 102. The number of hydrogen-bond donors (Lipinski definition) is 0. The monoisotopic (exact) mass is 469 g/mol. The maximum Gasteiger partial charge on any atom is 0.420 e. The molecule has 0 amide bonds. The number of nitrogens with zero attached hydrogens (tertiary/aromatic N) is 1. The van der Waals surface area contributed by atoms with Crippen LogP contribution < -0.4 is 0 Å². The number of rotatable bonds is 1. The van der Waals surface area contributed by atoms with Gasteiger partial charge in [0.25, 0.3) is 0 Å². The molecule has 0 aliphatic carbocycles. The van der Waals surface area contributed by atoms with E-state index in [9.17, 15) is 30.7 Å². The lowest BCUT2D eigenvalue weighted by atomic mass is 10.00. The molecule has 0 spiro atoms. The first-order valence-electron chi connectivity index (χ1n) is 9.13. The summed E-state index contributed by atoms with van der Waals surface area (Å²) in [7, 11) is 0. The van der Waals surface area contributed by atoms with E-state index in [1.807, 2.05) is 0 Å². The molecule has 5 aromatic rings. The summed E-state index contributed by atoms with van der Waals surface area (Å²) in [5.41, 5.74) is -2.60. The maximum absolute atomic E-state index is 14.8. The zero-order valence-corrected chi connectivity index (χ0v) is 16.8. The van der Waals surface area contributed by atoms with Gasteiger partial charge in [0.2, 0.25) is 0 Å². The Morgan fingerprint density at radius 1 is 0.906 bits per heavy atom. The van der Waals surface area contributed by atoms with Crippen molar-refractivity contribution in [3.05, 3.63) is 64.4 Å². The summed E-state index contributed by atoms with van der Waals surface area (Å²) >= 11 is 0.731. The highest BCUT2D eigenvalue weighted by molar-refractivity contribution is 7.18. The first-order valence-corrected chi connectivity index (χ1v) is 10.0. The van der Waals surface area contributed by atoms with E-state index in [2.05, 4.69) is 4.98 Å². The van der Waals surface area contributed by atoms with Crippen LogP contribution in [0.25, 0.3) is 43.3 Å². The van der Waals surface area contributed by atoms with Gasteiger partial charge in [-0.2, -0.15) is 26.3 Å². The van der Waals surface area contributed by atoms with Crippen LogP contribution in [0.4, 0.5) is 30.7 Å². The molecule has 0 aliphatic heterocycles. The van der Waals surface area contributed by atoms with Crippen molar-refractivity contribution in [3.63, 3.8) is 0 Å². The third-order valence-electron chi connectivity index (χ3n) is 5.24. The smallest absolute Gasteiger partial charge is 0.420 e. The van der Waals surface area contributed by atoms with Crippen LogP contribution in [0.1, 0.15) is 16.7 Å². The van der Waals surface area contributed by atoms with E-state index < -0.39 is 34.9 Å². The van der Waals surface area contributed by atoms with Gasteiger partial charge < -0.3 is 4.42 Å². The van der Waals surface area contributed by atoms with Crippen LogP contribution in [-0.2, 0) is 12.4 Å². The highest BCUT2D eigenvalue weighted by Gasteiger charge is 2.37. The van der Waals surface area contributed by atoms with Gasteiger partial charge in [-0.25, -0.2) is 4.39 Å². The Balaban J connectivity index is 1.89. The van der Waals surface area contributed by atoms with Gasteiger partial charge in [-0.15, -0.1) is 11.3 Å². The minimum Gasteiger partial charge on any atom is -0.455 e. The summed E-state index contributed by atoms with van der Waals surface area (Å²) in [6.07, 6.45) is -8.37. The van der Waals surface area contributed by atoms with E-state index in [0.717, 1.165) is 35.0 Å². The number of aromatic nitrogens is 1. The van der Waals surface area contributed by atoms with E-state index in [4.69, 9.17) is 4.42 Å². The fraction of sp³-hybridized carbons (Fsp3) is 0.136. The van der Waals surface area contributed by atoms with Crippen molar-refractivity contribution in [1.29, 1.82) is 0 Å².